The third kappa shape index (κ3) is 4.22. The molecule has 4 heteroatoms. The Morgan fingerprint density at radius 1 is 1.50 bits per heavy atom. The first-order valence-electron chi connectivity index (χ1n) is 5.28. The van der Waals surface area contributed by atoms with Crippen molar-refractivity contribution in [3.05, 3.63) is 34.3 Å². The number of benzene rings is 1. The van der Waals surface area contributed by atoms with Crippen molar-refractivity contribution in [2.45, 2.75) is 19.0 Å². The molecule has 1 aromatic carbocycles. The second kappa shape index (κ2) is 7.01. The van der Waals surface area contributed by atoms with Crippen molar-refractivity contribution in [3.63, 3.8) is 0 Å². The molecule has 0 aromatic heterocycles. The maximum absolute atomic E-state index is 9.16. The van der Waals surface area contributed by atoms with Crippen LogP contribution in [-0.4, -0.2) is 31.5 Å². The Labute approximate surface area is 105 Å². The molecule has 90 valence electrons. The Morgan fingerprint density at radius 2 is 2.25 bits per heavy atom. The molecule has 0 aliphatic rings. The lowest BCUT2D eigenvalue weighted by Crippen LogP contribution is -2.38. The van der Waals surface area contributed by atoms with Gasteiger partial charge >= 0.3 is 0 Å². The highest BCUT2D eigenvalue weighted by atomic mass is 79.9. The Balaban J connectivity index is 2.60. The average molecular weight is 288 g/mol. The van der Waals surface area contributed by atoms with Crippen molar-refractivity contribution < 1.29 is 9.84 Å². The van der Waals surface area contributed by atoms with Gasteiger partial charge in [0.05, 0.1) is 19.3 Å². The molecule has 0 fully saturated rings. The van der Waals surface area contributed by atoms with E-state index < -0.39 is 0 Å². The van der Waals surface area contributed by atoms with Gasteiger partial charge in [-0.2, -0.15) is 0 Å². The minimum absolute atomic E-state index is 0.0287. The summed E-state index contributed by atoms with van der Waals surface area (Å²) in [5.41, 5.74) is 1.18. The standard InChI is InChI=1S/C12H18BrNO2/c1-9(14-12(7-15)8-16-2)10-4-3-5-11(13)6-10/h3-6,9,12,14-15H,7-8H2,1-2H3. The zero-order valence-corrected chi connectivity index (χ0v) is 11.2. The van der Waals surface area contributed by atoms with E-state index in [1.165, 1.54) is 5.56 Å². The molecule has 0 aliphatic heterocycles. The van der Waals surface area contributed by atoms with Crippen LogP contribution in [0.3, 0.4) is 0 Å². The van der Waals surface area contributed by atoms with Crippen LogP contribution >= 0.6 is 15.9 Å². The predicted molar refractivity (Wildman–Crippen MR) is 68.4 cm³/mol. The van der Waals surface area contributed by atoms with Crippen LogP contribution in [0.4, 0.5) is 0 Å². The van der Waals surface area contributed by atoms with Crippen LogP contribution in [0.1, 0.15) is 18.5 Å². The highest BCUT2D eigenvalue weighted by Crippen LogP contribution is 2.18. The van der Waals surface area contributed by atoms with E-state index in [1.54, 1.807) is 7.11 Å². The first-order chi connectivity index (χ1) is 7.67. The normalized spacial score (nSPS) is 14.8. The lowest BCUT2D eigenvalue weighted by Gasteiger charge is -2.21. The zero-order chi connectivity index (χ0) is 12.0. The van der Waals surface area contributed by atoms with E-state index in [1.807, 2.05) is 12.1 Å². The highest BCUT2D eigenvalue weighted by Gasteiger charge is 2.12. The summed E-state index contributed by atoms with van der Waals surface area (Å²) < 4.78 is 6.08. The van der Waals surface area contributed by atoms with Gasteiger partial charge in [0.25, 0.3) is 0 Å². The van der Waals surface area contributed by atoms with Crippen LogP contribution in [0.25, 0.3) is 0 Å². The van der Waals surface area contributed by atoms with E-state index in [4.69, 9.17) is 9.84 Å². The highest BCUT2D eigenvalue weighted by molar-refractivity contribution is 9.10. The number of methoxy groups -OCH3 is 1. The number of hydrogen-bond donors (Lipinski definition) is 2. The van der Waals surface area contributed by atoms with Gasteiger partial charge in [0.15, 0.2) is 0 Å². The number of nitrogens with one attached hydrogen (secondary N) is 1. The summed E-state index contributed by atoms with van der Waals surface area (Å²) in [6.45, 7) is 2.65. The first-order valence-corrected chi connectivity index (χ1v) is 6.08. The van der Waals surface area contributed by atoms with Gasteiger partial charge in [-0.15, -0.1) is 0 Å². The van der Waals surface area contributed by atoms with E-state index in [-0.39, 0.29) is 18.7 Å². The quantitative estimate of drug-likeness (QED) is 0.842. The summed E-state index contributed by atoms with van der Waals surface area (Å²) in [5.74, 6) is 0. The monoisotopic (exact) mass is 287 g/mol. The molecule has 0 heterocycles. The van der Waals surface area contributed by atoms with Gasteiger partial charge in [-0.25, -0.2) is 0 Å². The summed E-state index contributed by atoms with van der Waals surface area (Å²) in [6, 6.07) is 8.28. The van der Waals surface area contributed by atoms with Gasteiger partial charge in [0.2, 0.25) is 0 Å². The van der Waals surface area contributed by atoms with Crippen molar-refractivity contribution >= 4 is 15.9 Å². The number of rotatable bonds is 6. The average Bonchev–Trinajstić information content (AvgIpc) is 2.28. The molecule has 0 saturated heterocycles. The molecule has 0 saturated carbocycles. The van der Waals surface area contributed by atoms with Gasteiger partial charge in [0, 0.05) is 17.6 Å². The molecule has 0 aliphatic carbocycles. The number of halogens is 1. The van der Waals surface area contributed by atoms with Crippen LogP contribution in [0, 0.1) is 0 Å². The zero-order valence-electron chi connectivity index (χ0n) is 9.61. The van der Waals surface area contributed by atoms with E-state index >= 15 is 0 Å². The summed E-state index contributed by atoms with van der Waals surface area (Å²) in [4.78, 5) is 0. The molecule has 0 spiro atoms. The number of aliphatic hydroxyl groups excluding tert-OH is 1. The van der Waals surface area contributed by atoms with Gasteiger partial charge in [-0.1, -0.05) is 28.1 Å². The molecule has 3 nitrogen and oxygen atoms in total. The molecule has 0 radical (unpaired) electrons. The molecule has 16 heavy (non-hydrogen) atoms. The summed E-state index contributed by atoms with van der Waals surface area (Å²) in [5, 5.41) is 12.5. The first kappa shape index (κ1) is 13.6. The smallest absolute Gasteiger partial charge is 0.0638 e. The number of hydrogen-bond acceptors (Lipinski definition) is 3. The number of aliphatic hydroxyl groups is 1. The Hall–Kier alpha value is -0.420. The molecule has 0 bridgehead atoms. The van der Waals surface area contributed by atoms with Crippen molar-refractivity contribution in [1.82, 2.24) is 5.32 Å². The van der Waals surface area contributed by atoms with Crippen molar-refractivity contribution in [1.29, 1.82) is 0 Å². The molecule has 1 aromatic rings. The molecule has 2 atom stereocenters. The second-order valence-electron chi connectivity index (χ2n) is 3.78. The molecule has 2 unspecified atom stereocenters. The molecule has 2 N–H and O–H groups in total. The third-order valence-electron chi connectivity index (χ3n) is 2.42. The topological polar surface area (TPSA) is 41.5 Å². The van der Waals surface area contributed by atoms with Crippen LogP contribution in [0.15, 0.2) is 28.7 Å². The lowest BCUT2D eigenvalue weighted by molar-refractivity contribution is 0.123. The molecular formula is C12H18BrNO2. The fraction of sp³-hybridized carbons (Fsp3) is 0.500. The van der Waals surface area contributed by atoms with E-state index in [0.717, 1.165) is 4.47 Å². The maximum atomic E-state index is 9.16. The SMILES string of the molecule is COCC(CO)NC(C)c1cccc(Br)c1. The van der Waals surface area contributed by atoms with E-state index in [0.29, 0.717) is 6.61 Å². The number of ether oxygens (including phenoxy) is 1. The summed E-state index contributed by atoms with van der Waals surface area (Å²) >= 11 is 3.44. The van der Waals surface area contributed by atoms with Crippen LogP contribution in [-0.2, 0) is 4.74 Å². The van der Waals surface area contributed by atoms with Gasteiger partial charge in [0.1, 0.15) is 0 Å². The fourth-order valence-electron chi connectivity index (χ4n) is 1.58. The third-order valence-corrected chi connectivity index (χ3v) is 2.92. The maximum Gasteiger partial charge on any atom is 0.0638 e. The van der Waals surface area contributed by atoms with E-state index in [9.17, 15) is 0 Å². The van der Waals surface area contributed by atoms with Crippen molar-refractivity contribution in [2.75, 3.05) is 20.3 Å². The summed E-state index contributed by atoms with van der Waals surface area (Å²) in [6.07, 6.45) is 0. The molecule has 0 amide bonds. The molecular weight excluding hydrogens is 270 g/mol. The van der Waals surface area contributed by atoms with E-state index in [2.05, 4.69) is 40.3 Å². The Kier molecular flexibility index (Phi) is 5.98. The van der Waals surface area contributed by atoms with Gasteiger partial charge in [-0.3, -0.25) is 0 Å². The minimum Gasteiger partial charge on any atom is -0.395 e. The minimum atomic E-state index is -0.0287. The van der Waals surface area contributed by atoms with Crippen molar-refractivity contribution in [3.8, 4) is 0 Å². The fourth-order valence-corrected chi connectivity index (χ4v) is 2.00. The van der Waals surface area contributed by atoms with Crippen LogP contribution in [0.5, 0.6) is 0 Å². The van der Waals surface area contributed by atoms with Gasteiger partial charge < -0.3 is 15.2 Å². The van der Waals surface area contributed by atoms with Crippen molar-refractivity contribution in [2.24, 2.45) is 0 Å². The Morgan fingerprint density at radius 3 is 2.81 bits per heavy atom. The van der Waals surface area contributed by atoms with Crippen LogP contribution in [0.2, 0.25) is 0 Å². The second-order valence-corrected chi connectivity index (χ2v) is 4.69. The lowest BCUT2D eigenvalue weighted by atomic mass is 10.1. The largest absolute Gasteiger partial charge is 0.395 e. The van der Waals surface area contributed by atoms with Gasteiger partial charge in [-0.05, 0) is 24.6 Å². The molecule has 1 rings (SSSR count). The summed E-state index contributed by atoms with van der Waals surface area (Å²) in [7, 11) is 1.63. The Bertz CT molecular complexity index is 320. The predicted octanol–water partition coefficient (Wildman–Crippen LogP) is 2.11. The van der Waals surface area contributed by atoms with Crippen LogP contribution < -0.4 is 5.32 Å².